The fourth-order valence-electron chi connectivity index (χ4n) is 2.48. The summed E-state index contributed by atoms with van der Waals surface area (Å²) >= 11 is 0. The third kappa shape index (κ3) is 8.47. The minimum absolute atomic E-state index is 0.0454. The molecule has 0 aliphatic heterocycles. The summed E-state index contributed by atoms with van der Waals surface area (Å²) in [5.74, 6) is -0.0908. The fourth-order valence-corrected chi connectivity index (χ4v) is 2.48. The smallest absolute Gasteiger partial charge is 0.222 e. The van der Waals surface area contributed by atoms with Crippen LogP contribution in [0.5, 0.6) is 0 Å². The van der Waals surface area contributed by atoms with Gasteiger partial charge in [-0.1, -0.05) is 44.2 Å². The van der Waals surface area contributed by atoms with E-state index in [9.17, 15) is 19.8 Å². The second-order valence-electron chi connectivity index (χ2n) is 6.34. The van der Waals surface area contributed by atoms with Crippen molar-refractivity contribution in [2.75, 3.05) is 6.61 Å². The third-order valence-corrected chi connectivity index (χ3v) is 3.47. The summed E-state index contributed by atoms with van der Waals surface area (Å²) in [6, 6.07) is 8.99. The van der Waals surface area contributed by atoms with Crippen molar-refractivity contribution in [3.05, 3.63) is 35.9 Å². The van der Waals surface area contributed by atoms with Crippen LogP contribution in [0.2, 0.25) is 0 Å². The van der Waals surface area contributed by atoms with Crippen molar-refractivity contribution in [3.63, 3.8) is 0 Å². The Morgan fingerprint density at radius 1 is 1.13 bits per heavy atom. The molecular weight excluding hydrogens is 294 g/mol. The highest BCUT2D eigenvalue weighted by atomic mass is 16.3. The Hall–Kier alpha value is -1.72. The number of carbonyl (C=O) groups is 2. The summed E-state index contributed by atoms with van der Waals surface area (Å²) in [5, 5.41) is 21.8. The molecule has 1 aromatic carbocycles. The molecule has 0 aromatic heterocycles. The van der Waals surface area contributed by atoms with E-state index in [-0.39, 0.29) is 43.6 Å². The third-order valence-electron chi connectivity index (χ3n) is 3.47. The molecule has 3 N–H and O–H groups in total. The molecule has 1 aromatic rings. The van der Waals surface area contributed by atoms with Gasteiger partial charge in [0.15, 0.2) is 0 Å². The summed E-state index contributed by atoms with van der Waals surface area (Å²) in [4.78, 5) is 23.7. The molecule has 0 saturated heterocycles. The van der Waals surface area contributed by atoms with Crippen LogP contribution in [0.15, 0.2) is 30.3 Å². The van der Waals surface area contributed by atoms with Gasteiger partial charge in [-0.2, -0.15) is 0 Å². The lowest BCUT2D eigenvalue weighted by Gasteiger charge is -2.19. The Kier molecular flexibility index (Phi) is 8.51. The first-order chi connectivity index (χ1) is 10.9. The van der Waals surface area contributed by atoms with E-state index in [4.69, 9.17) is 0 Å². The van der Waals surface area contributed by atoms with Crippen molar-refractivity contribution in [2.24, 2.45) is 5.92 Å². The van der Waals surface area contributed by atoms with Gasteiger partial charge in [0, 0.05) is 12.8 Å². The van der Waals surface area contributed by atoms with E-state index in [1.54, 1.807) is 0 Å². The Morgan fingerprint density at radius 2 is 1.78 bits per heavy atom. The first-order valence-corrected chi connectivity index (χ1v) is 8.04. The molecule has 128 valence electrons. The highest BCUT2D eigenvalue weighted by molar-refractivity contribution is 5.83. The SMILES string of the molecule is CC(C)C[C@@H](CO)NC(=O)C[C@H](O)CC(=O)Cc1ccccc1. The van der Waals surface area contributed by atoms with Gasteiger partial charge in [-0.15, -0.1) is 0 Å². The van der Waals surface area contributed by atoms with Crippen LogP contribution < -0.4 is 5.32 Å². The summed E-state index contributed by atoms with van der Waals surface area (Å²) < 4.78 is 0. The molecule has 5 nitrogen and oxygen atoms in total. The number of carbonyl (C=O) groups excluding carboxylic acids is 2. The molecule has 1 rings (SSSR count). The molecule has 0 saturated carbocycles. The number of amides is 1. The lowest BCUT2D eigenvalue weighted by atomic mass is 10.0. The number of nitrogens with one attached hydrogen (secondary N) is 1. The van der Waals surface area contributed by atoms with Crippen LogP contribution in [0, 0.1) is 5.92 Å². The lowest BCUT2D eigenvalue weighted by Crippen LogP contribution is -2.40. The highest BCUT2D eigenvalue weighted by Gasteiger charge is 2.18. The van der Waals surface area contributed by atoms with Crippen LogP contribution in [0.3, 0.4) is 0 Å². The molecule has 0 bridgehead atoms. The summed E-state index contributed by atoms with van der Waals surface area (Å²) in [7, 11) is 0. The number of Topliss-reactive ketones (excluding diaryl/α,β-unsaturated/α-hetero) is 1. The van der Waals surface area contributed by atoms with Crippen LogP contribution in [-0.4, -0.2) is 40.7 Å². The van der Waals surface area contributed by atoms with Gasteiger partial charge in [-0.05, 0) is 17.9 Å². The molecule has 2 atom stereocenters. The lowest BCUT2D eigenvalue weighted by molar-refractivity contribution is -0.125. The van der Waals surface area contributed by atoms with Crippen LogP contribution in [0.1, 0.15) is 38.7 Å². The number of aliphatic hydroxyl groups excluding tert-OH is 2. The average molecular weight is 321 g/mol. The second-order valence-corrected chi connectivity index (χ2v) is 6.34. The van der Waals surface area contributed by atoms with Gasteiger partial charge >= 0.3 is 0 Å². The molecule has 0 unspecified atom stereocenters. The second kappa shape index (κ2) is 10.1. The van der Waals surface area contributed by atoms with Gasteiger partial charge < -0.3 is 15.5 Å². The van der Waals surface area contributed by atoms with Gasteiger partial charge in [-0.25, -0.2) is 0 Å². The Morgan fingerprint density at radius 3 is 2.35 bits per heavy atom. The predicted molar refractivity (Wildman–Crippen MR) is 88.9 cm³/mol. The Labute approximate surface area is 137 Å². The van der Waals surface area contributed by atoms with E-state index in [2.05, 4.69) is 5.32 Å². The molecule has 23 heavy (non-hydrogen) atoms. The number of benzene rings is 1. The molecule has 0 aliphatic rings. The minimum Gasteiger partial charge on any atom is -0.394 e. The molecule has 0 radical (unpaired) electrons. The number of ketones is 1. The van der Waals surface area contributed by atoms with E-state index in [0.717, 1.165) is 5.56 Å². The van der Waals surface area contributed by atoms with Crippen molar-refractivity contribution in [1.82, 2.24) is 5.32 Å². The van der Waals surface area contributed by atoms with Crippen LogP contribution >= 0.6 is 0 Å². The largest absolute Gasteiger partial charge is 0.394 e. The fraction of sp³-hybridized carbons (Fsp3) is 0.556. The summed E-state index contributed by atoms with van der Waals surface area (Å²) in [6.45, 7) is 3.88. The van der Waals surface area contributed by atoms with E-state index in [1.807, 2.05) is 44.2 Å². The van der Waals surface area contributed by atoms with Gasteiger partial charge in [0.05, 0.1) is 25.2 Å². The van der Waals surface area contributed by atoms with E-state index < -0.39 is 6.10 Å². The Bertz CT molecular complexity index is 487. The number of aliphatic hydroxyl groups is 2. The summed E-state index contributed by atoms with van der Waals surface area (Å²) in [5.41, 5.74) is 0.895. The highest BCUT2D eigenvalue weighted by Crippen LogP contribution is 2.08. The van der Waals surface area contributed by atoms with Gasteiger partial charge in [-0.3, -0.25) is 9.59 Å². The normalized spacial score (nSPS) is 13.6. The topological polar surface area (TPSA) is 86.6 Å². The first-order valence-electron chi connectivity index (χ1n) is 8.04. The van der Waals surface area contributed by atoms with E-state index in [1.165, 1.54) is 0 Å². The Balaban J connectivity index is 2.35. The monoisotopic (exact) mass is 321 g/mol. The predicted octanol–water partition coefficient (Wildman–Crippen LogP) is 1.46. The molecule has 0 heterocycles. The molecule has 5 heteroatoms. The molecule has 0 spiro atoms. The van der Waals surface area contributed by atoms with Crippen LogP contribution in [-0.2, 0) is 16.0 Å². The standard InChI is InChI=1S/C18H27NO4/c1-13(2)8-15(12-20)19-18(23)11-17(22)10-16(21)9-14-6-4-3-5-7-14/h3-7,13,15,17,20,22H,8-12H2,1-2H3,(H,19,23)/t15-,17+/m0/s1. The maximum Gasteiger partial charge on any atom is 0.222 e. The van der Waals surface area contributed by atoms with E-state index in [0.29, 0.717) is 12.3 Å². The van der Waals surface area contributed by atoms with Crippen LogP contribution in [0.25, 0.3) is 0 Å². The zero-order chi connectivity index (χ0) is 17.2. The molecule has 1 amide bonds. The number of hydrogen-bond donors (Lipinski definition) is 3. The van der Waals surface area contributed by atoms with E-state index >= 15 is 0 Å². The van der Waals surface area contributed by atoms with Crippen molar-refractivity contribution < 1.29 is 19.8 Å². The van der Waals surface area contributed by atoms with Crippen LogP contribution in [0.4, 0.5) is 0 Å². The zero-order valence-electron chi connectivity index (χ0n) is 13.9. The molecular formula is C18H27NO4. The molecule has 0 fully saturated rings. The molecule has 0 aliphatic carbocycles. The zero-order valence-corrected chi connectivity index (χ0v) is 13.9. The maximum absolute atomic E-state index is 11.9. The van der Waals surface area contributed by atoms with Gasteiger partial charge in [0.1, 0.15) is 5.78 Å². The van der Waals surface area contributed by atoms with Gasteiger partial charge in [0.2, 0.25) is 5.91 Å². The van der Waals surface area contributed by atoms with Crippen molar-refractivity contribution in [1.29, 1.82) is 0 Å². The number of rotatable bonds is 10. The summed E-state index contributed by atoms with van der Waals surface area (Å²) in [6.07, 6.45) is -0.243. The quantitative estimate of drug-likeness (QED) is 0.609. The van der Waals surface area contributed by atoms with Crippen molar-refractivity contribution >= 4 is 11.7 Å². The van der Waals surface area contributed by atoms with Crippen molar-refractivity contribution in [3.8, 4) is 0 Å². The number of hydrogen-bond acceptors (Lipinski definition) is 4. The average Bonchev–Trinajstić information content (AvgIpc) is 2.46. The van der Waals surface area contributed by atoms with Crippen molar-refractivity contribution in [2.45, 2.75) is 51.7 Å². The maximum atomic E-state index is 11.9. The van der Waals surface area contributed by atoms with Gasteiger partial charge in [0.25, 0.3) is 0 Å². The minimum atomic E-state index is -0.996. The first kappa shape index (κ1) is 19.3.